The molecule has 1 aromatic heterocycles. The van der Waals surface area contributed by atoms with E-state index < -0.39 is 5.60 Å². The average molecular weight is 517 g/mol. The molecule has 6 heteroatoms. The van der Waals surface area contributed by atoms with Crippen LogP contribution in [0.3, 0.4) is 0 Å². The Labute approximate surface area is 226 Å². The number of aromatic nitrogens is 1. The summed E-state index contributed by atoms with van der Waals surface area (Å²) in [7, 11) is 1.73. The largest absolute Gasteiger partial charge is 0.457 e. The monoisotopic (exact) mass is 516 g/mol. The summed E-state index contributed by atoms with van der Waals surface area (Å²) in [5.41, 5.74) is 2.03. The van der Waals surface area contributed by atoms with Crippen LogP contribution in [-0.4, -0.2) is 42.8 Å². The summed E-state index contributed by atoms with van der Waals surface area (Å²) < 4.78 is 18.5. The van der Waals surface area contributed by atoms with Crippen LogP contribution in [0.2, 0.25) is 0 Å². The zero-order chi connectivity index (χ0) is 26.8. The van der Waals surface area contributed by atoms with Crippen molar-refractivity contribution in [1.29, 1.82) is 0 Å². The van der Waals surface area contributed by atoms with Gasteiger partial charge >= 0.3 is 0 Å². The molecule has 0 saturated carbocycles. The second-order valence-corrected chi connectivity index (χ2v) is 10.3. The number of para-hydroxylation sites is 2. The molecule has 3 aromatic rings. The van der Waals surface area contributed by atoms with Crippen molar-refractivity contribution in [2.75, 3.05) is 27.0 Å². The molecule has 202 valence electrons. The van der Waals surface area contributed by atoms with Crippen LogP contribution in [0.5, 0.6) is 11.5 Å². The molecule has 1 aliphatic rings. The van der Waals surface area contributed by atoms with E-state index in [4.69, 9.17) is 14.2 Å². The van der Waals surface area contributed by atoms with Crippen LogP contribution in [0.1, 0.15) is 79.9 Å². The molecule has 0 bridgehead atoms. The Morgan fingerprint density at radius 1 is 1.03 bits per heavy atom. The highest BCUT2D eigenvalue weighted by Crippen LogP contribution is 2.43. The predicted molar refractivity (Wildman–Crippen MR) is 150 cm³/mol. The third-order valence-electron chi connectivity index (χ3n) is 7.20. The lowest BCUT2D eigenvalue weighted by molar-refractivity contribution is -0.111. The molecular weight excluding hydrogens is 476 g/mol. The first-order valence-corrected chi connectivity index (χ1v) is 13.7. The molecular formula is C32H40N2O4. The molecule has 1 atom stereocenters. The number of carbonyl (C=O) groups excluding carboxylic acids is 1. The van der Waals surface area contributed by atoms with E-state index in [1.54, 1.807) is 13.3 Å². The number of ether oxygens (including phenoxy) is 3. The number of nitrogens with zero attached hydrogens (tertiary/aromatic N) is 2. The fourth-order valence-corrected chi connectivity index (χ4v) is 5.02. The maximum atomic E-state index is 13.5. The van der Waals surface area contributed by atoms with Crippen LogP contribution in [0.15, 0.2) is 72.9 Å². The number of benzene rings is 2. The van der Waals surface area contributed by atoms with Crippen LogP contribution in [0.4, 0.5) is 0 Å². The highest BCUT2D eigenvalue weighted by molar-refractivity contribution is 5.93. The van der Waals surface area contributed by atoms with E-state index in [0.29, 0.717) is 24.6 Å². The second-order valence-electron chi connectivity index (χ2n) is 10.3. The van der Waals surface area contributed by atoms with Gasteiger partial charge in [-0.2, -0.15) is 0 Å². The standard InChI is InChI=1S/C32H40N2O4/c1-25(2)29-18-17-26(23-33-29)31(35)34-21-11-9-19-32(37-24-34,20-10-12-22-36-3)28-15-7-8-16-30(28)38-27-13-5-4-6-14-27/h4-8,13-18,23,25H,9-12,19-22,24H2,1-3H3/t32-/m1/s1. The molecule has 0 aliphatic carbocycles. The van der Waals surface area contributed by atoms with Gasteiger partial charge in [0, 0.05) is 37.7 Å². The lowest BCUT2D eigenvalue weighted by atomic mass is 9.82. The van der Waals surface area contributed by atoms with Gasteiger partial charge in [0.25, 0.3) is 5.91 Å². The summed E-state index contributed by atoms with van der Waals surface area (Å²) in [6.45, 7) is 5.78. The van der Waals surface area contributed by atoms with Crippen LogP contribution in [0, 0.1) is 0 Å². The van der Waals surface area contributed by atoms with Crippen molar-refractivity contribution < 1.29 is 19.0 Å². The first kappa shape index (κ1) is 27.8. The lowest BCUT2D eigenvalue weighted by Gasteiger charge is -2.40. The van der Waals surface area contributed by atoms with Gasteiger partial charge in [0.05, 0.1) is 11.2 Å². The number of hydrogen-bond donors (Lipinski definition) is 0. The van der Waals surface area contributed by atoms with Crippen molar-refractivity contribution >= 4 is 5.91 Å². The molecule has 38 heavy (non-hydrogen) atoms. The maximum absolute atomic E-state index is 13.5. The molecule has 0 N–H and O–H groups in total. The fraction of sp³-hybridized carbons (Fsp3) is 0.438. The third kappa shape index (κ3) is 7.00. The molecule has 6 nitrogen and oxygen atoms in total. The van der Waals surface area contributed by atoms with Gasteiger partial charge in [-0.25, -0.2) is 0 Å². The lowest BCUT2D eigenvalue weighted by Crippen LogP contribution is -2.42. The Kier molecular flexibility index (Phi) is 9.91. The minimum absolute atomic E-state index is 0.0446. The number of pyridine rings is 1. The molecule has 0 spiro atoms. The van der Waals surface area contributed by atoms with Crippen molar-refractivity contribution in [2.45, 2.75) is 63.9 Å². The predicted octanol–water partition coefficient (Wildman–Crippen LogP) is 7.31. The normalized spacial score (nSPS) is 18.2. The zero-order valence-electron chi connectivity index (χ0n) is 22.9. The Morgan fingerprint density at radius 2 is 1.82 bits per heavy atom. The molecule has 1 saturated heterocycles. The summed E-state index contributed by atoms with van der Waals surface area (Å²) in [4.78, 5) is 19.8. The number of methoxy groups -OCH3 is 1. The summed E-state index contributed by atoms with van der Waals surface area (Å²) in [5, 5.41) is 0. The highest BCUT2D eigenvalue weighted by atomic mass is 16.5. The minimum Gasteiger partial charge on any atom is -0.457 e. The summed E-state index contributed by atoms with van der Waals surface area (Å²) in [5.74, 6) is 1.85. The van der Waals surface area contributed by atoms with E-state index in [-0.39, 0.29) is 12.6 Å². The number of rotatable bonds is 10. The van der Waals surface area contributed by atoms with Gasteiger partial charge in [-0.05, 0) is 74.8 Å². The molecule has 2 heterocycles. The van der Waals surface area contributed by atoms with Crippen molar-refractivity contribution in [1.82, 2.24) is 9.88 Å². The van der Waals surface area contributed by atoms with E-state index >= 15 is 0 Å². The van der Waals surface area contributed by atoms with E-state index in [9.17, 15) is 4.79 Å². The van der Waals surface area contributed by atoms with Crippen molar-refractivity contribution in [2.24, 2.45) is 0 Å². The Bertz CT molecular complexity index is 1150. The van der Waals surface area contributed by atoms with E-state index in [1.807, 2.05) is 65.6 Å². The molecule has 4 rings (SSSR count). The number of amides is 1. The SMILES string of the molecule is COCCCC[C@@]1(c2ccccc2Oc2ccccc2)CCCCN(C(=O)c2ccc(C(C)C)nc2)CO1. The Balaban J connectivity index is 1.60. The van der Waals surface area contributed by atoms with Gasteiger partial charge in [0.1, 0.15) is 18.2 Å². The molecule has 0 unspecified atom stereocenters. The first-order valence-electron chi connectivity index (χ1n) is 13.7. The molecule has 1 fully saturated rings. The molecule has 2 aromatic carbocycles. The van der Waals surface area contributed by atoms with Crippen LogP contribution < -0.4 is 4.74 Å². The Morgan fingerprint density at radius 3 is 2.55 bits per heavy atom. The highest BCUT2D eigenvalue weighted by Gasteiger charge is 2.37. The summed E-state index contributed by atoms with van der Waals surface area (Å²) in [6.07, 6.45) is 7.12. The molecule has 0 radical (unpaired) electrons. The fourth-order valence-electron chi connectivity index (χ4n) is 5.02. The topological polar surface area (TPSA) is 60.9 Å². The van der Waals surface area contributed by atoms with Crippen molar-refractivity contribution in [3.05, 3.63) is 89.7 Å². The van der Waals surface area contributed by atoms with Crippen LogP contribution >= 0.6 is 0 Å². The first-order chi connectivity index (χ1) is 18.5. The zero-order valence-corrected chi connectivity index (χ0v) is 22.9. The number of hydrogen-bond acceptors (Lipinski definition) is 5. The molecule has 1 amide bonds. The van der Waals surface area contributed by atoms with Gasteiger partial charge in [-0.1, -0.05) is 50.2 Å². The summed E-state index contributed by atoms with van der Waals surface area (Å²) in [6, 6.07) is 21.8. The number of carbonyl (C=O) groups is 1. The van der Waals surface area contributed by atoms with Crippen LogP contribution in [0.25, 0.3) is 0 Å². The van der Waals surface area contributed by atoms with Gasteiger partial charge in [0.2, 0.25) is 0 Å². The van der Waals surface area contributed by atoms with Gasteiger partial charge in [-0.3, -0.25) is 9.78 Å². The van der Waals surface area contributed by atoms with Gasteiger partial charge in [-0.15, -0.1) is 0 Å². The Hall–Kier alpha value is -3.22. The quantitative estimate of drug-likeness (QED) is 0.264. The number of unbranched alkanes of at least 4 members (excludes halogenated alkanes) is 1. The maximum Gasteiger partial charge on any atom is 0.257 e. The minimum atomic E-state index is -0.572. The van der Waals surface area contributed by atoms with E-state index in [1.165, 1.54) is 0 Å². The van der Waals surface area contributed by atoms with Crippen LogP contribution in [-0.2, 0) is 15.1 Å². The average Bonchev–Trinajstić information content (AvgIpc) is 2.93. The van der Waals surface area contributed by atoms with Crippen molar-refractivity contribution in [3.63, 3.8) is 0 Å². The van der Waals surface area contributed by atoms with Gasteiger partial charge < -0.3 is 19.1 Å². The van der Waals surface area contributed by atoms with E-state index in [0.717, 1.165) is 61.3 Å². The summed E-state index contributed by atoms with van der Waals surface area (Å²) >= 11 is 0. The smallest absolute Gasteiger partial charge is 0.257 e. The third-order valence-corrected chi connectivity index (χ3v) is 7.20. The second kappa shape index (κ2) is 13.5. The molecule has 1 aliphatic heterocycles. The van der Waals surface area contributed by atoms with Crippen molar-refractivity contribution in [3.8, 4) is 11.5 Å². The van der Waals surface area contributed by atoms with E-state index in [2.05, 4.69) is 24.9 Å². The van der Waals surface area contributed by atoms with Gasteiger partial charge in [0.15, 0.2) is 0 Å².